The smallest absolute Gasteiger partial charge is 0.273 e. The molecule has 1 atom stereocenters. The standard InChI is InChI=1S/C13H21N5O3/c1-9(12(19)14-7-8-21-4)15-11-6-5-10(16-17-11)13(20)18(2)3/h5-6,9H,7-8H2,1-4H3,(H,14,19)(H,15,17). The van der Waals surface area contributed by atoms with Gasteiger partial charge in [-0.05, 0) is 19.1 Å². The first-order valence-corrected chi connectivity index (χ1v) is 6.54. The Hall–Kier alpha value is -2.22. The highest BCUT2D eigenvalue weighted by Gasteiger charge is 2.14. The summed E-state index contributed by atoms with van der Waals surface area (Å²) in [6.45, 7) is 2.62. The lowest BCUT2D eigenvalue weighted by Crippen LogP contribution is -2.39. The largest absolute Gasteiger partial charge is 0.383 e. The maximum absolute atomic E-state index is 11.7. The average molecular weight is 295 g/mol. The van der Waals surface area contributed by atoms with Gasteiger partial charge in [0.05, 0.1) is 6.61 Å². The fourth-order valence-corrected chi connectivity index (χ4v) is 1.47. The van der Waals surface area contributed by atoms with Crippen molar-refractivity contribution in [3.63, 3.8) is 0 Å². The number of ether oxygens (including phenoxy) is 1. The zero-order chi connectivity index (χ0) is 15.8. The third-order valence-electron chi connectivity index (χ3n) is 2.65. The van der Waals surface area contributed by atoms with E-state index in [4.69, 9.17) is 4.74 Å². The van der Waals surface area contributed by atoms with E-state index >= 15 is 0 Å². The Morgan fingerprint density at radius 3 is 2.57 bits per heavy atom. The number of carbonyl (C=O) groups excluding carboxylic acids is 2. The summed E-state index contributed by atoms with van der Waals surface area (Å²) in [6, 6.07) is 2.71. The van der Waals surface area contributed by atoms with E-state index in [1.165, 1.54) is 4.90 Å². The molecule has 116 valence electrons. The van der Waals surface area contributed by atoms with Crippen LogP contribution in [0, 0.1) is 0 Å². The molecule has 1 unspecified atom stereocenters. The number of methoxy groups -OCH3 is 1. The molecule has 0 aliphatic rings. The van der Waals surface area contributed by atoms with Crippen molar-refractivity contribution in [3.05, 3.63) is 17.8 Å². The molecule has 0 saturated carbocycles. The number of hydrogen-bond donors (Lipinski definition) is 2. The minimum absolute atomic E-state index is 0.165. The molecule has 8 nitrogen and oxygen atoms in total. The summed E-state index contributed by atoms with van der Waals surface area (Å²) < 4.78 is 4.85. The van der Waals surface area contributed by atoms with Crippen LogP contribution in [-0.4, -0.2) is 67.3 Å². The van der Waals surface area contributed by atoms with E-state index in [1.54, 1.807) is 40.3 Å². The molecule has 2 amide bonds. The molecule has 0 saturated heterocycles. The summed E-state index contributed by atoms with van der Waals surface area (Å²) >= 11 is 0. The topological polar surface area (TPSA) is 96.5 Å². The lowest BCUT2D eigenvalue weighted by Gasteiger charge is -2.14. The SMILES string of the molecule is COCCNC(=O)C(C)Nc1ccc(C(=O)N(C)C)nn1. The monoisotopic (exact) mass is 295 g/mol. The Labute approximate surface area is 123 Å². The predicted octanol–water partition coefficient (Wildman–Crippen LogP) is -0.259. The minimum atomic E-state index is -0.466. The molecule has 0 fully saturated rings. The number of carbonyl (C=O) groups is 2. The molecular weight excluding hydrogens is 274 g/mol. The summed E-state index contributed by atoms with van der Waals surface area (Å²) in [7, 11) is 4.85. The van der Waals surface area contributed by atoms with Gasteiger partial charge in [-0.2, -0.15) is 0 Å². The molecule has 0 spiro atoms. The van der Waals surface area contributed by atoms with Crippen LogP contribution in [0.15, 0.2) is 12.1 Å². The molecule has 0 aliphatic heterocycles. The van der Waals surface area contributed by atoms with Crippen LogP contribution in [0.5, 0.6) is 0 Å². The molecule has 0 aliphatic carbocycles. The van der Waals surface area contributed by atoms with Gasteiger partial charge in [0.2, 0.25) is 5.91 Å². The van der Waals surface area contributed by atoms with Crippen molar-refractivity contribution in [2.24, 2.45) is 0 Å². The number of rotatable bonds is 7. The number of anilines is 1. The van der Waals surface area contributed by atoms with Gasteiger partial charge in [0, 0.05) is 27.7 Å². The molecule has 8 heteroatoms. The fourth-order valence-electron chi connectivity index (χ4n) is 1.47. The van der Waals surface area contributed by atoms with Crippen LogP contribution >= 0.6 is 0 Å². The summed E-state index contributed by atoms with van der Waals surface area (Å²) in [4.78, 5) is 24.8. The van der Waals surface area contributed by atoms with E-state index in [1.807, 2.05) is 0 Å². The molecule has 2 N–H and O–H groups in total. The van der Waals surface area contributed by atoms with Gasteiger partial charge < -0.3 is 20.3 Å². The first-order chi connectivity index (χ1) is 9.95. The van der Waals surface area contributed by atoms with Crippen molar-refractivity contribution in [1.29, 1.82) is 0 Å². The Morgan fingerprint density at radius 1 is 1.33 bits per heavy atom. The Morgan fingerprint density at radius 2 is 2.05 bits per heavy atom. The Bertz CT molecular complexity index is 475. The lowest BCUT2D eigenvalue weighted by molar-refractivity contribution is -0.121. The maximum atomic E-state index is 11.7. The molecule has 21 heavy (non-hydrogen) atoms. The van der Waals surface area contributed by atoms with E-state index < -0.39 is 6.04 Å². The lowest BCUT2D eigenvalue weighted by atomic mass is 10.3. The zero-order valence-corrected chi connectivity index (χ0v) is 12.7. The van der Waals surface area contributed by atoms with Crippen molar-refractivity contribution in [3.8, 4) is 0 Å². The van der Waals surface area contributed by atoms with Gasteiger partial charge in [-0.25, -0.2) is 0 Å². The van der Waals surface area contributed by atoms with E-state index in [0.29, 0.717) is 19.0 Å². The summed E-state index contributed by atoms with van der Waals surface area (Å²) in [6.07, 6.45) is 0. The molecule has 1 aromatic rings. The van der Waals surface area contributed by atoms with E-state index in [-0.39, 0.29) is 17.5 Å². The third-order valence-corrected chi connectivity index (χ3v) is 2.65. The first-order valence-electron chi connectivity index (χ1n) is 6.54. The first kappa shape index (κ1) is 16.8. The average Bonchev–Trinajstić information content (AvgIpc) is 2.47. The van der Waals surface area contributed by atoms with Gasteiger partial charge in [-0.15, -0.1) is 10.2 Å². The van der Waals surface area contributed by atoms with Crippen LogP contribution in [0.2, 0.25) is 0 Å². The highest BCUT2D eigenvalue weighted by molar-refractivity contribution is 5.91. The molecule has 1 heterocycles. The fraction of sp³-hybridized carbons (Fsp3) is 0.538. The number of nitrogens with zero attached hydrogens (tertiary/aromatic N) is 3. The Balaban J connectivity index is 2.55. The normalized spacial score (nSPS) is 11.6. The van der Waals surface area contributed by atoms with Crippen LogP contribution < -0.4 is 10.6 Å². The molecule has 0 radical (unpaired) electrons. The van der Waals surface area contributed by atoms with Crippen LogP contribution in [0.4, 0.5) is 5.82 Å². The van der Waals surface area contributed by atoms with Crippen molar-refractivity contribution < 1.29 is 14.3 Å². The van der Waals surface area contributed by atoms with Crippen molar-refractivity contribution in [2.75, 3.05) is 39.7 Å². The van der Waals surface area contributed by atoms with Crippen molar-refractivity contribution >= 4 is 17.6 Å². The molecule has 1 aromatic heterocycles. The summed E-state index contributed by atoms with van der Waals surface area (Å²) in [5.41, 5.74) is 0.253. The maximum Gasteiger partial charge on any atom is 0.273 e. The van der Waals surface area contributed by atoms with E-state index in [9.17, 15) is 9.59 Å². The van der Waals surface area contributed by atoms with Crippen molar-refractivity contribution in [1.82, 2.24) is 20.4 Å². The Kier molecular flexibility index (Phi) is 6.54. The minimum Gasteiger partial charge on any atom is -0.383 e. The van der Waals surface area contributed by atoms with Crippen LogP contribution in [0.3, 0.4) is 0 Å². The molecular formula is C13H21N5O3. The van der Waals surface area contributed by atoms with Gasteiger partial charge in [0.1, 0.15) is 11.9 Å². The van der Waals surface area contributed by atoms with Gasteiger partial charge in [0.15, 0.2) is 5.69 Å². The van der Waals surface area contributed by atoms with Crippen LogP contribution in [0.25, 0.3) is 0 Å². The highest BCUT2D eigenvalue weighted by atomic mass is 16.5. The number of amides is 2. The second-order valence-electron chi connectivity index (χ2n) is 4.65. The van der Waals surface area contributed by atoms with Crippen molar-refractivity contribution in [2.45, 2.75) is 13.0 Å². The highest BCUT2D eigenvalue weighted by Crippen LogP contribution is 2.05. The molecule has 0 aromatic carbocycles. The number of hydrogen-bond acceptors (Lipinski definition) is 6. The predicted molar refractivity (Wildman–Crippen MR) is 78.0 cm³/mol. The van der Waals surface area contributed by atoms with E-state index in [2.05, 4.69) is 20.8 Å². The summed E-state index contributed by atoms with van der Waals surface area (Å²) in [5.74, 6) is 0.0430. The second kappa shape index (κ2) is 8.15. The second-order valence-corrected chi connectivity index (χ2v) is 4.65. The van der Waals surface area contributed by atoms with Gasteiger partial charge in [-0.1, -0.05) is 0 Å². The van der Waals surface area contributed by atoms with Crippen LogP contribution in [-0.2, 0) is 9.53 Å². The number of nitrogens with one attached hydrogen (secondary N) is 2. The zero-order valence-electron chi connectivity index (χ0n) is 12.7. The van der Waals surface area contributed by atoms with Gasteiger partial charge in [0.25, 0.3) is 5.91 Å². The summed E-state index contributed by atoms with van der Waals surface area (Å²) in [5, 5.41) is 13.3. The molecule has 1 rings (SSSR count). The quantitative estimate of drug-likeness (QED) is 0.673. The van der Waals surface area contributed by atoms with Crippen LogP contribution in [0.1, 0.15) is 17.4 Å². The molecule has 0 bridgehead atoms. The third kappa shape index (κ3) is 5.35. The van der Waals surface area contributed by atoms with Gasteiger partial charge >= 0.3 is 0 Å². The number of aromatic nitrogens is 2. The van der Waals surface area contributed by atoms with E-state index in [0.717, 1.165) is 0 Å². The van der Waals surface area contributed by atoms with Gasteiger partial charge in [-0.3, -0.25) is 9.59 Å².